The van der Waals surface area contributed by atoms with Crippen molar-refractivity contribution in [2.24, 2.45) is 0 Å². The molecule has 0 aliphatic heterocycles. The molecule has 0 aromatic heterocycles. The van der Waals surface area contributed by atoms with Crippen molar-refractivity contribution in [3.63, 3.8) is 0 Å². The first-order valence-corrected chi connectivity index (χ1v) is 6.16. The van der Waals surface area contributed by atoms with Crippen molar-refractivity contribution in [1.82, 2.24) is 10.2 Å². The first kappa shape index (κ1) is 14.3. The molecule has 0 bridgehead atoms. The lowest BCUT2D eigenvalue weighted by Crippen LogP contribution is -2.29. The normalized spacial score (nSPS) is 10.4. The third kappa shape index (κ3) is 4.54. The molecule has 0 unspecified atom stereocenters. The Balaban J connectivity index is 2.68. The van der Waals surface area contributed by atoms with Gasteiger partial charge in [-0.3, -0.25) is 4.79 Å². The number of hydrogen-bond donors (Lipinski definition) is 1. The van der Waals surface area contributed by atoms with Gasteiger partial charge in [0.2, 0.25) is 0 Å². The van der Waals surface area contributed by atoms with Crippen LogP contribution in [0.15, 0.2) is 18.2 Å². The third-order valence-electron chi connectivity index (χ3n) is 2.38. The van der Waals surface area contributed by atoms with Crippen molar-refractivity contribution in [2.45, 2.75) is 6.42 Å². The van der Waals surface area contributed by atoms with Crippen LogP contribution in [0, 0.1) is 0 Å². The van der Waals surface area contributed by atoms with Gasteiger partial charge >= 0.3 is 0 Å². The van der Waals surface area contributed by atoms with Crippen LogP contribution < -0.4 is 5.32 Å². The van der Waals surface area contributed by atoms with E-state index in [1.165, 1.54) is 0 Å². The lowest BCUT2D eigenvalue weighted by atomic mass is 10.2. The van der Waals surface area contributed by atoms with Crippen LogP contribution in [0.1, 0.15) is 16.8 Å². The summed E-state index contributed by atoms with van der Waals surface area (Å²) in [7, 11) is 3.66. The van der Waals surface area contributed by atoms with Gasteiger partial charge in [0, 0.05) is 29.2 Å². The van der Waals surface area contributed by atoms with Gasteiger partial charge in [0.25, 0.3) is 5.91 Å². The van der Waals surface area contributed by atoms with Gasteiger partial charge in [-0.2, -0.15) is 0 Å². The Morgan fingerprint density at radius 3 is 2.41 bits per heavy atom. The Hall–Kier alpha value is -0.770. The first-order chi connectivity index (χ1) is 8.04. The number of carbonyl (C=O) groups is 1. The van der Waals surface area contributed by atoms with Crippen LogP contribution in [0.3, 0.4) is 0 Å². The fourth-order valence-corrected chi connectivity index (χ4v) is 2.02. The Morgan fingerprint density at radius 1 is 1.29 bits per heavy atom. The van der Waals surface area contributed by atoms with E-state index < -0.39 is 0 Å². The fraction of sp³-hybridized carbons (Fsp3) is 0.417. The maximum Gasteiger partial charge on any atom is 0.253 e. The van der Waals surface area contributed by atoms with Gasteiger partial charge in [0.1, 0.15) is 0 Å². The van der Waals surface area contributed by atoms with Crippen LogP contribution >= 0.6 is 23.2 Å². The second kappa shape index (κ2) is 6.84. The highest BCUT2D eigenvalue weighted by Gasteiger charge is 2.12. The topological polar surface area (TPSA) is 32.3 Å². The Morgan fingerprint density at radius 2 is 1.88 bits per heavy atom. The fourth-order valence-electron chi connectivity index (χ4n) is 1.49. The first-order valence-electron chi connectivity index (χ1n) is 5.40. The predicted molar refractivity (Wildman–Crippen MR) is 72.0 cm³/mol. The minimum Gasteiger partial charge on any atom is -0.342 e. The molecule has 0 fully saturated rings. The van der Waals surface area contributed by atoms with Crippen LogP contribution in [-0.4, -0.2) is 38.0 Å². The summed E-state index contributed by atoms with van der Waals surface area (Å²) in [5, 5.41) is 3.99. The summed E-state index contributed by atoms with van der Waals surface area (Å²) in [5.41, 5.74) is 0.523. The Labute approximate surface area is 112 Å². The summed E-state index contributed by atoms with van der Waals surface area (Å²) >= 11 is 11.7. The van der Waals surface area contributed by atoms with Gasteiger partial charge in [0.15, 0.2) is 0 Å². The SMILES string of the molecule is CNCCCN(C)C(=O)c1cc(Cl)cc(Cl)c1. The predicted octanol–water partition coefficient (Wildman–Crippen LogP) is 2.67. The van der Waals surface area contributed by atoms with Crippen LogP contribution in [-0.2, 0) is 0 Å². The summed E-state index contributed by atoms with van der Waals surface area (Å²) in [6.45, 7) is 1.58. The number of amides is 1. The minimum atomic E-state index is -0.0643. The molecule has 0 saturated carbocycles. The molecule has 17 heavy (non-hydrogen) atoms. The average Bonchev–Trinajstić information content (AvgIpc) is 2.27. The van der Waals surface area contributed by atoms with E-state index in [9.17, 15) is 4.79 Å². The summed E-state index contributed by atoms with van der Waals surface area (Å²) in [6, 6.07) is 4.87. The van der Waals surface area contributed by atoms with Crippen molar-refractivity contribution in [3.05, 3.63) is 33.8 Å². The zero-order chi connectivity index (χ0) is 12.8. The highest BCUT2D eigenvalue weighted by atomic mass is 35.5. The van der Waals surface area contributed by atoms with Crippen LogP contribution in [0.4, 0.5) is 0 Å². The number of rotatable bonds is 5. The quantitative estimate of drug-likeness (QED) is 0.838. The van der Waals surface area contributed by atoms with Gasteiger partial charge in [-0.05, 0) is 38.2 Å². The monoisotopic (exact) mass is 274 g/mol. The molecule has 3 nitrogen and oxygen atoms in total. The number of halogens is 2. The molecular weight excluding hydrogens is 259 g/mol. The number of nitrogens with one attached hydrogen (secondary N) is 1. The molecule has 5 heteroatoms. The summed E-state index contributed by atoms with van der Waals surface area (Å²) in [5.74, 6) is -0.0643. The van der Waals surface area contributed by atoms with Gasteiger partial charge in [0.05, 0.1) is 0 Å². The highest BCUT2D eigenvalue weighted by molar-refractivity contribution is 6.35. The van der Waals surface area contributed by atoms with Crippen LogP contribution in [0.25, 0.3) is 0 Å². The molecule has 1 aromatic carbocycles. The smallest absolute Gasteiger partial charge is 0.253 e. The maximum absolute atomic E-state index is 12.0. The van der Waals surface area contributed by atoms with E-state index >= 15 is 0 Å². The lowest BCUT2D eigenvalue weighted by molar-refractivity contribution is 0.0794. The second-order valence-corrected chi connectivity index (χ2v) is 4.71. The largest absolute Gasteiger partial charge is 0.342 e. The van der Waals surface area contributed by atoms with E-state index in [-0.39, 0.29) is 5.91 Å². The number of benzene rings is 1. The summed E-state index contributed by atoms with van der Waals surface area (Å²) in [4.78, 5) is 13.7. The van der Waals surface area contributed by atoms with Crippen molar-refractivity contribution in [1.29, 1.82) is 0 Å². The van der Waals surface area contributed by atoms with Crippen molar-refractivity contribution < 1.29 is 4.79 Å². The van der Waals surface area contributed by atoms with E-state index in [1.807, 2.05) is 7.05 Å². The Kier molecular flexibility index (Phi) is 5.75. The summed E-state index contributed by atoms with van der Waals surface area (Å²) < 4.78 is 0. The van der Waals surface area contributed by atoms with E-state index in [0.717, 1.165) is 13.0 Å². The summed E-state index contributed by atoms with van der Waals surface area (Å²) in [6.07, 6.45) is 0.910. The van der Waals surface area contributed by atoms with Gasteiger partial charge in [-0.15, -0.1) is 0 Å². The molecule has 0 spiro atoms. The standard InChI is InChI=1S/C12H16Cl2N2O/c1-15-4-3-5-16(2)12(17)9-6-10(13)8-11(14)7-9/h6-8,15H,3-5H2,1-2H3. The number of nitrogens with zero attached hydrogens (tertiary/aromatic N) is 1. The molecule has 94 valence electrons. The lowest BCUT2D eigenvalue weighted by Gasteiger charge is -2.17. The number of hydrogen-bond acceptors (Lipinski definition) is 2. The third-order valence-corrected chi connectivity index (χ3v) is 2.81. The average molecular weight is 275 g/mol. The Bertz CT molecular complexity index is 376. The van der Waals surface area contributed by atoms with Crippen molar-refractivity contribution >= 4 is 29.1 Å². The highest BCUT2D eigenvalue weighted by Crippen LogP contribution is 2.19. The molecule has 1 rings (SSSR count). The van der Waals surface area contributed by atoms with E-state index in [4.69, 9.17) is 23.2 Å². The maximum atomic E-state index is 12.0. The molecule has 0 heterocycles. The molecular formula is C12H16Cl2N2O. The van der Waals surface area contributed by atoms with Crippen molar-refractivity contribution in [3.8, 4) is 0 Å². The number of carbonyl (C=O) groups excluding carboxylic acids is 1. The van der Waals surface area contributed by atoms with E-state index in [0.29, 0.717) is 22.2 Å². The molecule has 1 N–H and O–H groups in total. The minimum absolute atomic E-state index is 0.0643. The molecule has 0 saturated heterocycles. The molecule has 0 aliphatic rings. The van der Waals surface area contributed by atoms with Gasteiger partial charge in [-0.1, -0.05) is 23.2 Å². The zero-order valence-electron chi connectivity index (χ0n) is 9.96. The van der Waals surface area contributed by atoms with Gasteiger partial charge < -0.3 is 10.2 Å². The van der Waals surface area contributed by atoms with Gasteiger partial charge in [-0.25, -0.2) is 0 Å². The molecule has 0 radical (unpaired) electrons. The zero-order valence-corrected chi connectivity index (χ0v) is 11.5. The molecule has 1 aromatic rings. The molecule has 0 atom stereocenters. The van der Waals surface area contributed by atoms with Crippen LogP contribution in [0.2, 0.25) is 10.0 Å². The van der Waals surface area contributed by atoms with Crippen LogP contribution in [0.5, 0.6) is 0 Å². The van der Waals surface area contributed by atoms with E-state index in [1.54, 1.807) is 30.1 Å². The second-order valence-electron chi connectivity index (χ2n) is 3.84. The van der Waals surface area contributed by atoms with Crippen molar-refractivity contribution in [2.75, 3.05) is 27.2 Å². The molecule has 0 aliphatic carbocycles. The van der Waals surface area contributed by atoms with E-state index in [2.05, 4.69) is 5.32 Å². The molecule has 1 amide bonds.